The number of ether oxygens (including phenoxy) is 4. The van der Waals surface area contributed by atoms with Gasteiger partial charge in [0.2, 0.25) is 12.7 Å². The molecule has 0 fully saturated rings. The van der Waals surface area contributed by atoms with Gasteiger partial charge >= 0.3 is 0 Å². The average molecular weight is 409 g/mol. The Balaban J connectivity index is 1.47. The van der Waals surface area contributed by atoms with E-state index in [1.54, 1.807) is 36.4 Å². The van der Waals surface area contributed by atoms with Gasteiger partial charge in [0.05, 0.1) is 26.2 Å². The van der Waals surface area contributed by atoms with Crippen LogP contribution in [0.4, 0.5) is 5.69 Å². The third-order valence-corrected chi connectivity index (χ3v) is 4.53. The van der Waals surface area contributed by atoms with E-state index in [1.807, 2.05) is 0 Å². The second-order valence-corrected chi connectivity index (χ2v) is 6.43. The molecular weight excluding hydrogens is 390 g/mol. The standard InChI is InChI=1S/C21H19N3O6/c1-27-16-6-4-14(8-18(16)28-2)23-20(25)10-24-11-22-15(9-21(24)26)13-3-5-17-19(7-13)30-12-29-17/h3-9,11H,10,12H2,1-2H3,(H,23,25). The first-order chi connectivity index (χ1) is 14.6. The second kappa shape index (κ2) is 8.16. The van der Waals surface area contributed by atoms with Gasteiger partial charge in [0.15, 0.2) is 23.0 Å². The molecule has 2 aromatic carbocycles. The first-order valence-electron chi connectivity index (χ1n) is 9.06. The van der Waals surface area contributed by atoms with Crippen LogP contribution in [0.3, 0.4) is 0 Å². The smallest absolute Gasteiger partial charge is 0.254 e. The highest BCUT2D eigenvalue weighted by atomic mass is 16.7. The summed E-state index contributed by atoms with van der Waals surface area (Å²) in [7, 11) is 3.04. The van der Waals surface area contributed by atoms with Gasteiger partial charge in [-0.05, 0) is 30.3 Å². The molecule has 0 unspecified atom stereocenters. The lowest BCUT2D eigenvalue weighted by molar-refractivity contribution is -0.116. The van der Waals surface area contributed by atoms with Crippen molar-refractivity contribution in [2.45, 2.75) is 6.54 Å². The number of amides is 1. The molecule has 9 heteroatoms. The van der Waals surface area contributed by atoms with Gasteiger partial charge in [-0.3, -0.25) is 14.2 Å². The predicted octanol–water partition coefficient (Wildman–Crippen LogP) is 2.29. The highest BCUT2D eigenvalue weighted by Gasteiger charge is 2.15. The van der Waals surface area contributed by atoms with Crippen molar-refractivity contribution in [1.29, 1.82) is 0 Å². The Morgan fingerprint density at radius 3 is 2.63 bits per heavy atom. The van der Waals surface area contributed by atoms with Crippen molar-refractivity contribution in [2.75, 3.05) is 26.3 Å². The molecule has 154 valence electrons. The monoisotopic (exact) mass is 409 g/mol. The summed E-state index contributed by atoms with van der Waals surface area (Å²) in [4.78, 5) is 29.1. The Morgan fingerprint density at radius 1 is 1.07 bits per heavy atom. The van der Waals surface area contributed by atoms with Crippen LogP contribution in [-0.4, -0.2) is 36.5 Å². The summed E-state index contributed by atoms with van der Waals surface area (Å²) in [6.45, 7) is -0.00934. The number of nitrogens with zero attached hydrogens (tertiary/aromatic N) is 2. The van der Waals surface area contributed by atoms with E-state index in [-0.39, 0.29) is 24.8 Å². The van der Waals surface area contributed by atoms with Crippen molar-refractivity contribution in [3.63, 3.8) is 0 Å². The fourth-order valence-electron chi connectivity index (χ4n) is 3.03. The van der Waals surface area contributed by atoms with E-state index in [9.17, 15) is 9.59 Å². The molecular formula is C21H19N3O6. The largest absolute Gasteiger partial charge is 0.493 e. The van der Waals surface area contributed by atoms with Gasteiger partial charge in [-0.1, -0.05) is 0 Å². The number of carbonyl (C=O) groups excluding carboxylic acids is 1. The molecule has 0 bridgehead atoms. The Hall–Kier alpha value is -4.01. The number of carbonyl (C=O) groups is 1. The molecule has 30 heavy (non-hydrogen) atoms. The molecule has 0 saturated carbocycles. The van der Waals surface area contributed by atoms with Crippen LogP contribution in [0.25, 0.3) is 11.3 Å². The van der Waals surface area contributed by atoms with Crippen molar-refractivity contribution in [2.24, 2.45) is 0 Å². The van der Waals surface area contributed by atoms with Gasteiger partial charge < -0.3 is 24.3 Å². The minimum absolute atomic E-state index is 0.170. The lowest BCUT2D eigenvalue weighted by Crippen LogP contribution is -2.27. The van der Waals surface area contributed by atoms with E-state index in [0.717, 1.165) is 5.56 Å². The van der Waals surface area contributed by atoms with Crippen molar-refractivity contribution < 1.29 is 23.7 Å². The lowest BCUT2D eigenvalue weighted by Gasteiger charge is -2.11. The van der Waals surface area contributed by atoms with Crippen LogP contribution >= 0.6 is 0 Å². The molecule has 0 radical (unpaired) electrons. The molecule has 0 saturated heterocycles. The van der Waals surface area contributed by atoms with Crippen LogP contribution in [0.5, 0.6) is 23.0 Å². The maximum Gasteiger partial charge on any atom is 0.254 e. The van der Waals surface area contributed by atoms with Crippen LogP contribution in [0, 0.1) is 0 Å². The Bertz CT molecular complexity index is 1160. The Morgan fingerprint density at radius 2 is 1.87 bits per heavy atom. The number of hydrogen-bond acceptors (Lipinski definition) is 7. The van der Waals surface area contributed by atoms with Crippen molar-refractivity contribution in [3.05, 3.63) is 59.1 Å². The molecule has 0 spiro atoms. The minimum atomic E-state index is -0.373. The third-order valence-electron chi connectivity index (χ3n) is 4.53. The molecule has 4 rings (SSSR count). The summed E-state index contributed by atoms with van der Waals surface area (Å²) in [6, 6.07) is 11.7. The predicted molar refractivity (Wildman–Crippen MR) is 108 cm³/mol. The SMILES string of the molecule is COc1ccc(NC(=O)Cn2cnc(-c3ccc4c(c3)OCO4)cc2=O)cc1OC. The summed E-state index contributed by atoms with van der Waals surface area (Å²) >= 11 is 0. The number of rotatable bonds is 6. The second-order valence-electron chi connectivity index (χ2n) is 6.43. The first kappa shape index (κ1) is 19.3. The molecule has 9 nitrogen and oxygen atoms in total. The maximum atomic E-state index is 12.5. The van der Waals surface area contributed by atoms with Crippen LogP contribution in [0.1, 0.15) is 0 Å². The number of nitrogens with one attached hydrogen (secondary N) is 1. The van der Waals surface area contributed by atoms with Crippen LogP contribution in [-0.2, 0) is 11.3 Å². The first-order valence-corrected chi connectivity index (χ1v) is 9.06. The molecule has 0 aliphatic carbocycles. The topological polar surface area (TPSA) is 101 Å². The van der Waals surface area contributed by atoms with Crippen molar-refractivity contribution in [3.8, 4) is 34.3 Å². The highest BCUT2D eigenvalue weighted by molar-refractivity contribution is 5.91. The van der Waals surface area contributed by atoms with Gasteiger partial charge in [0.25, 0.3) is 5.56 Å². The number of benzene rings is 2. The summed E-state index contributed by atoms with van der Waals surface area (Å²) in [5.74, 6) is 1.92. The molecule has 1 aromatic heterocycles. The minimum Gasteiger partial charge on any atom is -0.493 e. The van der Waals surface area contributed by atoms with Crippen molar-refractivity contribution >= 4 is 11.6 Å². The molecule has 1 N–H and O–H groups in total. The van der Waals surface area contributed by atoms with Gasteiger partial charge in [0, 0.05) is 23.4 Å². The molecule has 1 aliphatic heterocycles. The molecule has 1 aliphatic rings. The van der Waals surface area contributed by atoms with E-state index in [2.05, 4.69) is 10.3 Å². The number of fused-ring (bicyclic) bond motifs is 1. The zero-order valence-electron chi connectivity index (χ0n) is 16.4. The maximum absolute atomic E-state index is 12.5. The van der Waals surface area contributed by atoms with Crippen LogP contribution in [0.15, 0.2) is 53.6 Å². The average Bonchev–Trinajstić information content (AvgIpc) is 3.23. The van der Waals surface area contributed by atoms with E-state index in [0.29, 0.717) is 34.4 Å². The molecule has 3 aromatic rings. The van der Waals surface area contributed by atoms with Gasteiger partial charge in [-0.2, -0.15) is 0 Å². The number of hydrogen-bond donors (Lipinski definition) is 1. The summed E-state index contributed by atoms with van der Waals surface area (Å²) in [5, 5.41) is 2.73. The van der Waals surface area contributed by atoms with E-state index < -0.39 is 0 Å². The van der Waals surface area contributed by atoms with Crippen LogP contribution < -0.4 is 29.8 Å². The summed E-state index contributed by atoms with van der Waals surface area (Å²) in [6.07, 6.45) is 1.34. The number of aromatic nitrogens is 2. The number of anilines is 1. The van der Waals surface area contributed by atoms with Gasteiger partial charge in [-0.15, -0.1) is 0 Å². The molecule has 1 amide bonds. The Labute approximate surface area is 171 Å². The molecule has 0 atom stereocenters. The third kappa shape index (κ3) is 3.90. The van der Waals surface area contributed by atoms with Gasteiger partial charge in [0.1, 0.15) is 6.54 Å². The zero-order chi connectivity index (χ0) is 21.1. The van der Waals surface area contributed by atoms with Crippen LogP contribution in [0.2, 0.25) is 0 Å². The normalized spacial score (nSPS) is 11.8. The molecule has 2 heterocycles. The van der Waals surface area contributed by atoms with E-state index >= 15 is 0 Å². The van der Waals surface area contributed by atoms with Gasteiger partial charge in [-0.25, -0.2) is 4.98 Å². The fraction of sp³-hybridized carbons (Fsp3) is 0.190. The fourth-order valence-corrected chi connectivity index (χ4v) is 3.03. The summed E-state index contributed by atoms with van der Waals surface area (Å²) < 4.78 is 22.3. The summed E-state index contributed by atoms with van der Waals surface area (Å²) in [5.41, 5.74) is 1.38. The highest BCUT2D eigenvalue weighted by Crippen LogP contribution is 2.35. The number of methoxy groups -OCH3 is 2. The Kier molecular flexibility index (Phi) is 5.25. The quantitative estimate of drug-likeness (QED) is 0.667. The van der Waals surface area contributed by atoms with Crippen molar-refractivity contribution in [1.82, 2.24) is 9.55 Å². The van der Waals surface area contributed by atoms with E-state index in [1.165, 1.54) is 31.2 Å². The lowest BCUT2D eigenvalue weighted by atomic mass is 10.1. The zero-order valence-corrected chi connectivity index (χ0v) is 16.4. The van der Waals surface area contributed by atoms with E-state index in [4.69, 9.17) is 18.9 Å².